The first-order valence-corrected chi connectivity index (χ1v) is 5.76. The first kappa shape index (κ1) is 13.5. The number of hydrogen-bond acceptors (Lipinski definition) is 2. The lowest BCUT2D eigenvalue weighted by atomic mass is 10.1. The van der Waals surface area contributed by atoms with Crippen LogP contribution < -0.4 is 5.73 Å². The summed E-state index contributed by atoms with van der Waals surface area (Å²) in [6.07, 6.45) is 0. The summed E-state index contributed by atoms with van der Waals surface area (Å²) in [5.74, 6) is -0.851. The molecule has 0 saturated heterocycles. The molecule has 92 valence electrons. The van der Waals surface area contributed by atoms with E-state index in [0.29, 0.717) is 12.1 Å². The van der Waals surface area contributed by atoms with Crippen LogP contribution in [0.15, 0.2) is 30.3 Å². The zero-order valence-corrected chi connectivity index (χ0v) is 10.4. The van der Waals surface area contributed by atoms with Crippen LogP contribution in [0.5, 0.6) is 0 Å². The number of nitrogens with two attached hydrogens (primary N) is 1. The smallest absolute Gasteiger partial charge is 0.245 e. The van der Waals surface area contributed by atoms with E-state index in [1.807, 2.05) is 18.2 Å². The molecule has 17 heavy (non-hydrogen) atoms. The summed E-state index contributed by atoms with van der Waals surface area (Å²) in [4.78, 5) is 24.2. The molecule has 0 aliphatic carbocycles. The average molecular weight is 255 g/mol. The highest BCUT2D eigenvalue weighted by molar-refractivity contribution is 6.30. The van der Waals surface area contributed by atoms with Gasteiger partial charge in [-0.2, -0.15) is 0 Å². The molecule has 5 heteroatoms. The number of benzene rings is 1. The second-order valence-corrected chi connectivity index (χ2v) is 4.03. The SMILES string of the molecule is CCN(CC(N)=O)C(=O)C(Cl)c1ccccc1. The Morgan fingerprint density at radius 1 is 1.35 bits per heavy atom. The van der Waals surface area contributed by atoms with Crippen LogP contribution in [0.3, 0.4) is 0 Å². The van der Waals surface area contributed by atoms with E-state index in [1.54, 1.807) is 19.1 Å². The number of primary amides is 1. The van der Waals surface area contributed by atoms with E-state index in [0.717, 1.165) is 0 Å². The summed E-state index contributed by atoms with van der Waals surface area (Å²) in [5.41, 5.74) is 5.78. The Kier molecular flexibility index (Phi) is 4.97. The minimum absolute atomic E-state index is 0.106. The average Bonchev–Trinajstić information content (AvgIpc) is 2.35. The Labute approximate surface area is 105 Å². The van der Waals surface area contributed by atoms with Crippen molar-refractivity contribution in [3.05, 3.63) is 35.9 Å². The van der Waals surface area contributed by atoms with Gasteiger partial charge in [-0.1, -0.05) is 30.3 Å². The van der Waals surface area contributed by atoms with Gasteiger partial charge in [0.2, 0.25) is 11.8 Å². The molecular formula is C12H15ClN2O2. The summed E-state index contributed by atoms with van der Waals surface area (Å²) < 4.78 is 0. The molecule has 1 aromatic rings. The van der Waals surface area contributed by atoms with Crippen molar-refractivity contribution in [2.75, 3.05) is 13.1 Å². The van der Waals surface area contributed by atoms with Crippen LogP contribution in [0.1, 0.15) is 17.9 Å². The van der Waals surface area contributed by atoms with Gasteiger partial charge in [0.25, 0.3) is 0 Å². The Bertz CT molecular complexity index is 395. The van der Waals surface area contributed by atoms with Crippen molar-refractivity contribution >= 4 is 23.4 Å². The monoisotopic (exact) mass is 254 g/mol. The fourth-order valence-electron chi connectivity index (χ4n) is 1.46. The molecular weight excluding hydrogens is 240 g/mol. The van der Waals surface area contributed by atoms with Gasteiger partial charge in [-0.25, -0.2) is 0 Å². The molecule has 2 N–H and O–H groups in total. The van der Waals surface area contributed by atoms with Crippen molar-refractivity contribution in [1.29, 1.82) is 0 Å². The van der Waals surface area contributed by atoms with Crippen LogP contribution in [0.4, 0.5) is 0 Å². The Morgan fingerprint density at radius 2 is 1.94 bits per heavy atom. The molecule has 0 bridgehead atoms. The van der Waals surface area contributed by atoms with Crippen molar-refractivity contribution in [3.63, 3.8) is 0 Å². The number of hydrogen-bond donors (Lipinski definition) is 1. The Morgan fingerprint density at radius 3 is 2.41 bits per heavy atom. The summed E-state index contributed by atoms with van der Waals surface area (Å²) >= 11 is 6.07. The molecule has 4 nitrogen and oxygen atoms in total. The molecule has 2 amide bonds. The summed E-state index contributed by atoms with van der Waals surface area (Å²) in [6, 6.07) is 9.00. The van der Waals surface area contributed by atoms with E-state index < -0.39 is 11.3 Å². The van der Waals surface area contributed by atoms with Gasteiger partial charge in [0.1, 0.15) is 5.38 Å². The molecule has 1 atom stereocenters. The van der Waals surface area contributed by atoms with Crippen LogP contribution in [0.2, 0.25) is 0 Å². The number of carbonyl (C=O) groups excluding carboxylic acids is 2. The van der Waals surface area contributed by atoms with Crippen LogP contribution in [0, 0.1) is 0 Å². The number of alkyl halides is 1. The topological polar surface area (TPSA) is 63.4 Å². The third-order valence-electron chi connectivity index (χ3n) is 2.35. The number of nitrogens with zero attached hydrogens (tertiary/aromatic N) is 1. The molecule has 0 spiro atoms. The van der Waals surface area contributed by atoms with Gasteiger partial charge in [-0.05, 0) is 12.5 Å². The van der Waals surface area contributed by atoms with Gasteiger partial charge >= 0.3 is 0 Å². The predicted octanol–water partition coefficient (Wildman–Crippen LogP) is 1.30. The second kappa shape index (κ2) is 6.25. The first-order chi connectivity index (χ1) is 8.06. The van der Waals surface area contributed by atoms with Crippen LogP contribution in [0.25, 0.3) is 0 Å². The molecule has 1 rings (SSSR count). The zero-order valence-electron chi connectivity index (χ0n) is 9.60. The molecule has 0 saturated carbocycles. The third kappa shape index (κ3) is 3.75. The standard InChI is InChI=1S/C12H15ClN2O2/c1-2-15(8-10(14)16)12(17)11(13)9-6-4-3-5-7-9/h3-7,11H,2,8H2,1H3,(H2,14,16). The van der Waals surface area contributed by atoms with Crippen LogP contribution in [-0.4, -0.2) is 29.8 Å². The highest BCUT2D eigenvalue weighted by Crippen LogP contribution is 2.22. The molecule has 0 aliphatic rings. The van der Waals surface area contributed by atoms with Gasteiger partial charge in [0.15, 0.2) is 0 Å². The number of halogens is 1. The maximum Gasteiger partial charge on any atom is 0.245 e. The van der Waals surface area contributed by atoms with Crippen molar-refractivity contribution in [1.82, 2.24) is 4.90 Å². The second-order valence-electron chi connectivity index (χ2n) is 3.59. The highest BCUT2D eigenvalue weighted by Gasteiger charge is 2.23. The number of carbonyl (C=O) groups is 2. The fourth-order valence-corrected chi connectivity index (χ4v) is 1.74. The van der Waals surface area contributed by atoms with E-state index in [-0.39, 0.29) is 12.5 Å². The maximum atomic E-state index is 12.0. The van der Waals surface area contributed by atoms with E-state index in [2.05, 4.69) is 0 Å². The minimum atomic E-state index is -0.782. The maximum absolute atomic E-state index is 12.0. The lowest BCUT2D eigenvalue weighted by Gasteiger charge is -2.22. The molecule has 1 aromatic carbocycles. The van der Waals surface area contributed by atoms with Gasteiger partial charge in [0, 0.05) is 6.54 Å². The molecule has 0 fully saturated rings. The van der Waals surface area contributed by atoms with E-state index in [1.165, 1.54) is 4.90 Å². The van der Waals surface area contributed by atoms with Crippen molar-refractivity contribution in [3.8, 4) is 0 Å². The van der Waals surface area contributed by atoms with Gasteiger partial charge in [0.05, 0.1) is 6.54 Å². The van der Waals surface area contributed by atoms with Crippen LogP contribution >= 0.6 is 11.6 Å². The third-order valence-corrected chi connectivity index (χ3v) is 2.79. The van der Waals surface area contributed by atoms with Crippen molar-refractivity contribution < 1.29 is 9.59 Å². The minimum Gasteiger partial charge on any atom is -0.368 e. The van der Waals surface area contributed by atoms with Gasteiger partial charge < -0.3 is 10.6 Å². The molecule has 0 heterocycles. The fraction of sp³-hybridized carbons (Fsp3) is 0.333. The normalized spacial score (nSPS) is 11.9. The molecule has 0 aliphatic heterocycles. The molecule has 0 radical (unpaired) electrons. The number of likely N-dealkylation sites (N-methyl/N-ethyl adjacent to an activating group) is 1. The summed E-state index contributed by atoms with van der Waals surface area (Å²) in [7, 11) is 0. The Hall–Kier alpha value is -1.55. The van der Waals surface area contributed by atoms with Crippen molar-refractivity contribution in [2.45, 2.75) is 12.3 Å². The Balaban J connectivity index is 2.77. The number of amides is 2. The van der Waals surface area contributed by atoms with E-state index in [9.17, 15) is 9.59 Å². The highest BCUT2D eigenvalue weighted by atomic mass is 35.5. The summed E-state index contributed by atoms with van der Waals surface area (Å²) in [5, 5.41) is -0.782. The van der Waals surface area contributed by atoms with Gasteiger partial charge in [-0.15, -0.1) is 11.6 Å². The first-order valence-electron chi connectivity index (χ1n) is 5.32. The van der Waals surface area contributed by atoms with E-state index >= 15 is 0 Å². The largest absolute Gasteiger partial charge is 0.368 e. The molecule has 1 unspecified atom stereocenters. The van der Waals surface area contributed by atoms with Gasteiger partial charge in [-0.3, -0.25) is 9.59 Å². The lowest BCUT2D eigenvalue weighted by Crippen LogP contribution is -2.39. The lowest BCUT2D eigenvalue weighted by molar-refractivity contribution is -0.134. The van der Waals surface area contributed by atoms with Crippen molar-refractivity contribution in [2.24, 2.45) is 5.73 Å². The van der Waals surface area contributed by atoms with E-state index in [4.69, 9.17) is 17.3 Å². The molecule has 0 aromatic heterocycles. The zero-order chi connectivity index (χ0) is 12.8. The number of rotatable bonds is 5. The predicted molar refractivity (Wildman–Crippen MR) is 66.5 cm³/mol. The van der Waals surface area contributed by atoms with Crippen LogP contribution in [-0.2, 0) is 9.59 Å². The quantitative estimate of drug-likeness (QED) is 0.805. The summed E-state index contributed by atoms with van der Waals surface area (Å²) in [6.45, 7) is 2.07.